The van der Waals surface area contributed by atoms with Crippen LogP contribution in [0.5, 0.6) is 5.75 Å². The van der Waals surface area contributed by atoms with E-state index in [9.17, 15) is 18.0 Å². The normalized spacial score (nSPS) is 12.2. The van der Waals surface area contributed by atoms with E-state index in [1.54, 1.807) is 36.4 Å². The van der Waals surface area contributed by atoms with Crippen LogP contribution in [0.25, 0.3) is 0 Å². The lowest BCUT2D eigenvalue weighted by Gasteiger charge is -2.16. The quantitative estimate of drug-likeness (QED) is 0.631. The number of nitrogens with two attached hydrogens (primary N) is 1. The highest BCUT2D eigenvalue weighted by atomic mass is 32.2. The molecule has 0 saturated carbocycles. The number of sulfone groups is 1. The van der Waals surface area contributed by atoms with Gasteiger partial charge >= 0.3 is 0 Å². The van der Waals surface area contributed by atoms with Crippen molar-refractivity contribution in [2.45, 2.75) is 23.8 Å². The van der Waals surface area contributed by atoms with Crippen molar-refractivity contribution in [2.24, 2.45) is 5.73 Å². The summed E-state index contributed by atoms with van der Waals surface area (Å²) in [5.41, 5.74) is 5.99. The van der Waals surface area contributed by atoms with Crippen molar-refractivity contribution in [3.8, 4) is 5.75 Å². The molecule has 2 aromatic rings. The molecule has 2 amide bonds. The number of primary amides is 1. The summed E-state index contributed by atoms with van der Waals surface area (Å²) in [7, 11) is -3.24. The van der Waals surface area contributed by atoms with Gasteiger partial charge in [-0.25, -0.2) is 8.42 Å². The molecule has 0 spiro atoms. The third-order valence-electron chi connectivity index (χ3n) is 3.79. The van der Waals surface area contributed by atoms with Crippen molar-refractivity contribution in [3.63, 3.8) is 0 Å². The highest BCUT2D eigenvalue weighted by Gasteiger charge is 2.19. The molecule has 0 radical (unpaired) electrons. The van der Waals surface area contributed by atoms with Crippen LogP contribution in [0.3, 0.4) is 0 Å². The fourth-order valence-corrected chi connectivity index (χ4v) is 3.03. The molecule has 144 valence electrons. The zero-order valence-electron chi connectivity index (χ0n) is 14.9. The Morgan fingerprint density at radius 3 is 2.26 bits per heavy atom. The molecule has 1 unspecified atom stereocenters. The van der Waals surface area contributed by atoms with Gasteiger partial charge in [0.25, 0.3) is 0 Å². The third kappa shape index (κ3) is 6.41. The van der Waals surface area contributed by atoms with Gasteiger partial charge in [-0.05, 0) is 36.2 Å². The van der Waals surface area contributed by atoms with Crippen molar-refractivity contribution in [1.29, 1.82) is 0 Å². The maximum atomic E-state index is 12.1. The Morgan fingerprint density at radius 1 is 1.07 bits per heavy atom. The monoisotopic (exact) mass is 390 g/mol. The number of rotatable bonds is 9. The van der Waals surface area contributed by atoms with E-state index in [0.29, 0.717) is 17.7 Å². The van der Waals surface area contributed by atoms with Crippen LogP contribution in [0.4, 0.5) is 0 Å². The summed E-state index contributed by atoms with van der Waals surface area (Å²) in [6, 6.07) is 14.0. The van der Waals surface area contributed by atoms with E-state index < -0.39 is 21.8 Å². The fourth-order valence-electron chi connectivity index (χ4n) is 2.40. The lowest BCUT2D eigenvalue weighted by Crippen LogP contribution is -2.37. The van der Waals surface area contributed by atoms with Gasteiger partial charge in [-0.1, -0.05) is 30.3 Å². The van der Waals surface area contributed by atoms with Gasteiger partial charge in [0.1, 0.15) is 11.8 Å². The van der Waals surface area contributed by atoms with Crippen LogP contribution in [0.15, 0.2) is 59.5 Å². The molecule has 2 aromatic carbocycles. The van der Waals surface area contributed by atoms with Gasteiger partial charge in [-0.3, -0.25) is 9.59 Å². The minimum absolute atomic E-state index is 0.165. The van der Waals surface area contributed by atoms with Crippen LogP contribution in [0.1, 0.15) is 24.4 Å². The molecule has 27 heavy (non-hydrogen) atoms. The maximum Gasteiger partial charge on any atom is 0.244 e. The number of carbonyl (C=O) groups is 2. The highest BCUT2D eigenvalue weighted by molar-refractivity contribution is 7.90. The molecule has 3 N–H and O–H groups in total. The Hall–Kier alpha value is -2.87. The van der Waals surface area contributed by atoms with Crippen molar-refractivity contribution in [2.75, 3.05) is 12.9 Å². The molecule has 2 rings (SSSR count). The molecule has 1 atom stereocenters. The van der Waals surface area contributed by atoms with Gasteiger partial charge in [0, 0.05) is 12.7 Å². The average molecular weight is 390 g/mol. The zero-order chi connectivity index (χ0) is 19.9. The van der Waals surface area contributed by atoms with Gasteiger partial charge in [0.05, 0.1) is 11.5 Å². The van der Waals surface area contributed by atoms with Crippen LogP contribution in [0, 0.1) is 0 Å². The Labute approximate surface area is 158 Å². The minimum atomic E-state index is -3.24. The van der Waals surface area contributed by atoms with Crippen LogP contribution in [-0.4, -0.2) is 33.1 Å². The number of amides is 2. The van der Waals surface area contributed by atoms with E-state index in [4.69, 9.17) is 10.5 Å². The van der Waals surface area contributed by atoms with E-state index >= 15 is 0 Å². The first kappa shape index (κ1) is 20.4. The molecule has 0 heterocycles. The summed E-state index contributed by atoms with van der Waals surface area (Å²) in [4.78, 5) is 23.9. The first-order chi connectivity index (χ1) is 12.8. The molecule has 8 heteroatoms. The Morgan fingerprint density at radius 2 is 1.70 bits per heavy atom. The summed E-state index contributed by atoms with van der Waals surface area (Å²) >= 11 is 0. The second-order valence-corrected chi connectivity index (χ2v) is 8.02. The smallest absolute Gasteiger partial charge is 0.244 e. The molecule has 0 aliphatic rings. The number of nitrogens with one attached hydrogen (secondary N) is 1. The number of hydrogen-bond acceptors (Lipinski definition) is 5. The molecule has 0 aromatic heterocycles. The number of benzene rings is 2. The largest absolute Gasteiger partial charge is 0.494 e. The predicted octanol–water partition coefficient (Wildman–Crippen LogP) is 1.59. The first-order valence-electron chi connectivity index (χ1n) is 8.34. The number of hydrogen-bond donors (Lipinski definition) is 2. The summed E-state index contributed by atoms with van der Waals surface area (Å²) in [6.07, 6.45) is 1.73. The Bertz CT molecular complexity index is 880. The molecule has 0 fully saturated rings. The summed E-state index contributed by atoms with van der Waals surface area (Å²) in [6.45, 7) is 0.276. The maximum absolute atomic E-state index is 12.1. The van der Waals surface area contributed by atoms with E-state index in [1.807, 2.05) is 6.07 Å². The van der Waals surface area contributed by atoms with Gasteiger partial charge in [-0.2, -0.15) is 0 Å². The van der Waals surface area contributed by atoms with Crippen LogP contribution < -0.4 is 15.8 Å². The van der Waals surface area contributed by atoms with Gasteiger partial charge < -0.3 is 15.8 Å². The van der Waals surface area contributed by atoms with Crippen molar-refractivity contribution in [3.05, 3.63) is 60.2 Å². The van der Waals surface area contributed by atoms with Gasteiger partial charge in [0.15, 0.2) is 9.84 Å². The van der Waals surface area contributed by atoms with Gasteiger partial charge in [0.2, 0.25) is 11.8 Å². The van der Waals surface area contributed by atoms with Crippen LogP contribution in [0.2, 0.25) is 0 Å². The molecule has 0 bridgehead atoms. The standard InChI is InChI=1S/C19H22N2O5S/c1-27(24,25)16-11-9-15(10-12-16)26-13-5-8-17(22)21-18(19(20)23)14-6-3-2-4-7-14/h2-4,6-7,9-12,18H,5,8,13H2,1H3,(H2,20,23)(H,21,22). The zero-order valence-corrected chi connectivity index (χ0v) is 15.7. The lowest BCUT2D eigenvalue weighted by atomic mass is 10.1. The second-order valence-electron chi connectivity index (χ2n) is 6.01. The molecular formula is C19H22N2O5S. The predicted molar refractivity (Wildman–Crippen MR) is 101 cm³/mol. The van der Waals surface area contributed by atoms with Crippen molar-refractivity contribution >= 4 is 21.7 Å². The van der Waals surface area contributed by atoms with Crippen molar-refractivity contribution < 1.29 is 22.7 Å². The van der Waals surface area contributed by atoms with Crippen molar-refractivity contribution in [1.82, 2.24) is 5.32 Å². The minimum Gasteiger partial charge on any atom is -0.494 e. The molecule has 0 aliphatic carbocycles. The van der Waals surface area contributed by atoms with Crippen LogP contribution in [-0.2, 0) is 19.4 Å². The number of carbonyl (C=O) groups excluding carboxylic acids is 2. The molecule has 0 aliphatic heterocycles. The van der Waals surface area contributed by atoms with Crippen LogP contribution >= 0.6 is 0 Å². The Balaban J connectivity index is 1.79. The highest BCUT2D eigenvalue weighted by Crippen LogP contribution is 2.16. The topological polar surface area (TPSA) is 116 Å². The molecule has 0 saturated heterocycles. The van der Waals surface area contributed by atoms with E-state index in [2.05, 4.69) is 5.32 Å². The fraction of sp³-hybridized carbons (Fsp3) is 0.263. The van der Waals surface area contributed by atoms with E-state index in [1.165, 1.54) is 12.1 Å². The van der Waals surface area contributed by atoms with E-state index in [0.717, 1.165) is 6.26 Å². The SMILES string of the molecule is CS(=O)(=O)c1ccc(OCCCC(=O)NC(C(N)=O)c2ccccc2)cc1. The van der Waals surface area contributed by atoms with E-state index in [-0.39, 0.29) is 23.8 Å². The summed E-state index contributed by atoms with van der Waals surface area (Å²) in [5, 5.41) is 2.62. The lowest BCUT2D eigenvalue weighted by molar-refractivity contribution is -0.127. The summed E-state index contributed by atoms with van der Waals surface area (Å²) in [5.74, 6) is -0.419. The second kappa shape index (κ2) is 9.18. The third-order valence-corrected chi connectivity index (χ3v) is 4.92. The number of ether oxygens (including phenoxy) is 1. The first-order valence-corrected chi connectivity index (χ1v) is 10.2. The van der Waals surface area contributed by atoms with Gasteiger partial charge in [-0.15, -0.1) is 0 Å². The molecular weight excluding hydrogens is 368 g/mol. The Kier molecular flexibility index (Phi) is 6.95. The molecule has 7 nitrogen and oxygen atoms in total. The average Bonchev–Trinajstić information content (AvgIpc) is 2.63. The summed E-state index contributed by atoms with van der Waals surface area (Å²) < 4.78 is 28.3.